The number of rotatable bonds is 5. The van der Waals surface area contributed by atoms with Crippen LogP contribution in [0.1, 0.15) is 11.1 Å². The molecule has 128 valence electrons. The minimum Gasteiger partial charge on any atom is -0.325 e. The lowest BCUT2D eigenvalue weighted by Crippen LogP contribution is -2.18. The molecule has 24 heavy (non-hydrogen) atoms. The highest BCUT2D eigenvalue weighted by Crippen LogP contribution is 2.34. The van der Waals surface area contributed by atoms with Crippen molar-refractivity contribution in [3.63, 3.8) is 0 Å². The minimum atomic E-state index is -4.52. The number of hydrogen-bond donors (Lipinski definition) is 1. The Morgan fingerprint density at radius 3 is 2.50 bits per heavy atom. The Morgan fingerprint density at radius 2 is 1.83 bits per heavy atom. The summed E-state index contributed by atoms with van der Waals surface area (Å²) in [4.78, 5) is 11.9. The summed E-state index contributed by atoms with van der Waals surface area (Å²) in [7, 11) is 0. The van der Waals surface area contributed by atoms with Crippen molar-refractivity contribution in [3.05, 3.63) is 63.6 Å². The van der Waals surface area contributed by atoms with Crippen LogP contribution in [0.2, 0.25) is 10.0 Å². The minimum absolute atomic E-state index is 0.00511. The van der Waals surface area contributed by atoms with Gasteiger partial charge < -0.3 is 5.32 Å². The van der Waals surface area contributed by atoms with Gasteiger partial charge in [0, 0.05) is 15.8 Å². The number of alkyl halides is 3. The van der Waals surface area contributed by atoms with Crippen molar-refractivity contribution >= 4 is 46.6 Å². The zero-order chi connectivity index (χ0) is 17.7. The lowest BCUT2D eigenvalue weighted by Gasteiger charge is -2.13. The normalized spacial score (nSPS) is 11.4. The van der Waals surface area contributed by atoms with E-state index >= 15 is 0 Å². The molecule has 0 aliphatic heterocycles. The van der Waals surface area contributed by atoms with Crippen molar-refractivity contribution < 1.29 is 18.0 Å². The Balaban J connectivity index is 1.93. The fourth-order valence-electron chi connectivity index (χ4n) is 1.92. The third kappa shape index (κ3) is 5.33. The van der Waals surface area contributed by atoms with Gasteiger partial charge in [-0.1, -0.05) is 41.4 Å². The summed E-state index contributed by atoms with van der Waals surface area (Å²) in [5.74, 6) is -0.0584. The van der Waals surface area contributed by atoms with Crippen LogP contribution in [0.3, 0.4) is 0 Å². The molecule has 0 aliphatic rings. The highest BCUT2D eigenvalue weighted by molar-refractivity contribution is 7.99. The lowest BCUT2D eigenvalue weighted by atomic mass is 10.1. The molecule has 0 saturated heterocycles. The molecule has 2 aromatic rings. The number of thioether (sulfide) groups is 1. The number of amides is 1. The molecule has 2 nitrogen and oxygen atoms in total. The van der Waals surface area contributed by atoms with E-state index in [9.17, 15) is 18.0 Å². The Morgan fingerprint density at radius 1 is 1.12 bits per heavy atom. The number of nitrogens with one attached hydrogen (secondary N) is 1. The summed E-state index contributed by atoms with van der Waals surface area (Å²) in [5.41, 5.74) is -0.321. The van der Waals surface area contributed by atoms with E-state index in [0.29, 0.717) is 15.8 Å². The van der Waals surface area contributed by atoms with E-state index in [1.807, 2.05) is 0 Å². The van der Waals surface area contributed by atoms with Crippen LogP contribution in [-0.4, -0.2) is 11.7 Å². The zero-order valence-corrected chi connectivity index (χ0v) is 14.5. The molecule has 0 spiro atoms. The van der Waals surface area contributed by atoms with Gasteiger partial charge in [-0.3, -0.25) is 4.79 Å². The molecule has 0 unspecified atom stereocenters. The first-order valence-electron chi connectivity index (χ1n) is 6.75. The highest BCUT2D eigenvalue weighted by atomic mass is 35.5. The van der Waals surface area contributed by atoms with Crippen LogP contribution in [-0.2, 0) is 16.7 Å². The first-order chi connectivity index (χ1) is 11.3. The maximum Gasteiger partial charge on any atom is 0.418 e. The third-order valence-corrected chi connectivity index (χ3v) is 4.58. The summed E-state index contributed by atoms with van der Waals surface area (Å²) in [5, 5.41) is 3.29. The Hall–Kier alpha value is -1.37. The molecule has 0 aliphatic carbocycles. The van der Waals surface area contributed by atoms with Gasteiger partial charge in [0.25, 0.3) is 0 Å². The van der Waals surface area contributed by atoms with Gasteiger partial charge in [0.2, 0.25) is 5.91 Å². The first kappa shape index (κ1) is 19.0. The number of anilines is 1. The van der Waals surface area contributed by atoms with Crippen LogP contribution in [0.5, 0.6) is 0 Å². The number of hydrogen-bond acceptors (Lipinski definition) is 2. The van der Waals surface area contributed by atoms with E-state index in [2.05, 4.69) is 5.32 Å². The average molecular weight is 394 g/mol. The molecule has 0 heterocycles. The van der Waals surface area contributed by atoms with Gasteiger partial charge in [-0.15, -0.1) is 11.8 Å². The molecule has 0 radical (unpaired) electrons. The molecule has 0 fully saturated rings. The predicted octanol–water partition coefficient (Wildman–Crippen LogP) is 5.88. The maximum atomic E-state index is 12.9. The van der Waals surface area contributed by atoms with Crippen LogP contribution in [0, 0.1) is 0 Å². The summed E-state index contributed by atoms with van der Waals surface area (Å²) in [6.45, 7) is 0. The molecule has 1 amide bonds. The number of benzene rings is 2. The van der Waals surface area contributed by atoms with Crippen molar-refractivity contribution in [3.8, 4) is 0 Å². The fourth-order valence-corrected chi connectivity index (χ4v) is 3.30. The van der Waals surface area contributed by atoms with Gasteiger partial charge in [0.15, 0.2) is 0 Å². The predicted molar refractivity (Wildman–Crippen MR) is 92.7 cm³/mol. The molecule has 1 N–H and O–H groups in total. The Labute approximate surface area is 151 Å². The van der Waals surface area contributed by atoms with E-state index in [1.54, 1.807) is 18.2 Å². The monoisotopic (exact) mass is 393 g/mol. The Kier molecular flexibility index (Phi) is 6.43. The van der Waals surface area contributed by atoms with Crippen molar-refractivity contribution in [2.24, 2.45) is 0 Å². The van der Waals surface area contributed by atoms with Gasteiger partial charge in [0.05, 0.1) is 17.0 Å². The standard InChI is InChI=1S/C16H12Cl2F3NOS/c17-11-6-5-10(13(18)7-11)8-24-9-15(23)22-14-4-2-1-3-12(14)16(19,20)21/h1-7H,8-9H2,(H,22,23). The maximum absolute atomic E-state index is 12.9. The molecular formula is C16H12Cl2F3NOS. The van der Waals surface area contributed by atoms with Crippen LogP contribution in [0.4, 0.5) is 18.9 Å². The second-order valence-corrected chi connectivity index (χ2v) is 6.65. The zero-order valence-electron chi connectivity index (χ0n) is 12.2. The van der Waals surface area contributed by atoms with E-state index in [4.69, 9.17) is 23.2 Å². The van der Waals surface area contributed by atoms with E-state index in [0.717, 1.165) is 11.6 Å². The van der Waals surface area contributed by atoms with E-state index in [1.165, 1.54) is 30.0 Å². The summed E-state index contributed by atoms with van der Waals surface area (Å²) in [6.07, 6.45) is -4.52. The number of carbonyl (C=O) groups is 1. The van der Waals surface area contributed by atoms with Crippen LogP contribution >= 0.6 is 35.0 Å². The quantitative estimate of drug-likeness (QED) is 0.686. The van der Waals surface area contributed by atoms with E-state index < -0.39 is 17.6 Å². The summed E-state index contributed by atoms with van der Waals surface area (Å²) in [6, 6.07) is 9.88. The van der Waals surface area contributed by atoms with Gasteiger partial charge >= 0.3 is 6.18 Å². The number of carbonyl (C=O) groups excluding carboxylic acids is 1. The third-order valence-electron chi connectivity index (χ3n) is 3.01. The smallest absolute Gasteiger partial charge is 0.325 e. The summed E-state index contributed by atoms with van der Waals surface area (Å²) >= 11 is 13.1. The van der Waals surface area contributed by atoms with Gasteiger partial charge in [-0.05, 0) is 29.8 Å². The lowest BCUT2D eigenvalue weighted by molar-refractivity contribution is -0.137. The number of para-hydroxylation sites is 1. The summed E-state index contributed by atoms with van der Waals surface area (Å²) < 4.78 is 38.6. The Bertz CT molecular complexity index is 738. The largest absolute Gasteiger partial charge is 0.418 e. The number of halogens is 5. The van der Waals surface area contributed by atoms with Gasteiger partial charge in [0.1, 0.15) is 0 Å². The molecule has 8 heteroatoms. The van der Waals surface area contributed by atoms with E-state index in [-0.39, 0.29) is 11.4 Å². The molecule has 0 saturated carbocycles. The SMILES string of the molecule is O=C(CSCc1ccc(Cl)cc1Cl)Nc1ccccc1C(F)(F)F. The fraction of sp³-hybridized carbons (Fsp3) is 0.188. The average Bonchev–Trinajstić information content (AvgIpc) is 2.49. The second kappa shape index (κ2) is 8.14. The van der Waals surface area contributed by atoms with Gasteiger partial charge in [-0.25, -0.2) is 0 Å². The second-order valence-electron chi connectivity index (χ2n) is 4.82. The van der Waals surface area contributed by atoms with Crippen molar-refractivity contribution in [2.75, 3.05) is 11.1 Å². The molecule has 0 bridgehead atoms. The topological polar surface area (TPSA) is 29.1 Å². The molecule has 2 rings (SSSR count). The van der Waals surface area contributed by atoms with Crippen molar-refractivity contribution in [1.82, 2.24) is 0 Å². The molecule has 0 atom stereocenters. The molecule has 0 aromatic heterocycles. The van der Waals surface area contributed by atoms with Crippen molar-refractivity contribution in [2.45, 2.75) is 11.9 Å². The van der Waals surface area contributed by atoms with Crippen LogP contribution in [0.15, 0.2) is 42.5 Å². The first-order valence-corrected chi connectivity index (χ1v) is 8.66. The van der Waals surface area contributed by atoms with Crippen molar-refractivity contribution in [1.29, 1.82) is 0 Å². The van der Waals surface area contributed by atoms with Crippen LogP contribution < -0.4 is 5.32 Å². The highest BCUT2D eigenvalue weighted by Gasteiger charge is 2.33. The van der Waals surface area contributed by atoms with Crippen LogP contribution in [0.25, 0.3) is 0 Å². The molecular weight excluding hydrogens is 382 g/mol. The molecule has 2 aromatic carbocycles. The van der Waals surface area contributed by atoms with Gasteiger partial charge in [-0.2, -0.15) is 13.2 Å².